The highest BCUT2D eigenvalue weighted by molar-refractivity contribution is 6.36. The summed E-state index contributed by atoms with van der Waals surface area (Å²) >= 11 is 12.0. The number of nitro groups is 1. The average molecular weight is 1480 g/mol. The van der Waals surface area contributed by atoms with Crippen molar-refractivity contribution in [1.82, 2.24) is 9.80 Å². The van der Waals surface area contributed by atoms with E-state index in [2.05, 4.69) is 10.3 Å². The zero-order valence-corrected chi connectivity index (χ0v) is 63.5. The first-order valence-corrected chi connectivity index (χ1v) is 36.6. The largest absolute Gasteiger partial charge is 0.459 e. The second-order valence-corrected chi connectivity index (χ2v) is 32.2. The Bertz CT molecular complexity index is 3470. The summed E-state index contributed by atoms with van der Waals surface area (Å²) in [5.41, 5.74) is -7.31. The van der Waals surface area contributed by atoms with E-state index in [1.165, 1.54) is 44.4 Å². The van der Waals surface area contributed by atoms with Crippen molar-refractivity contribution in [3.63, 3.8) is 0 Å². The first kappa shape index (κ1) is 82.9. The normalized spacial score (nSPS) is 42.7. The van der Waals surface area contributed by atoms with Gasteiger partial charge in [-0.05, 0) is 164 Å². The SMILES string of the molecule is CC[C@H]1OC(=O)[C@H](C)[C@@H](O[C@H]2C[C@@](C)(OC)[C@@H](O)[C@H](C)O2)[C@H](C)[C@@H](O[C@@H]2O[C@H](C)C[C@H](N(C)C)[C@H]2O)[C@](C)(O)C[C@@H](C)CN(C)[C@H](C)[C@@H](O)[C@]1(C)O.C[C@H]1C[C@H]2[C@@H]3CCC4=CC(=O)C=C[C@]4(C)[C@@]3(F)[C@@H](O)C[C@]2(C)[C@@]1(O)C(=O)CCl.O=C1CN=C(c2ccccc2Cl)c2cc([N+](=O)[O-])ccc2N1. The fraction of sp³-hybridized carbons (Fsp3) is 0.720. The van der Waals surface area contributed by atoms with Crippen LogP contribution in [0, 0.1) is 56.5 Å². The Hall–Kier alpha value is -4.78. The van der Waals surface area contributed by atoms with Crippen molar-refractivity contribution in [1.29, 1.82) is 0 Å². The molecule has 1 amide bonds. The predicted octanol–water partition coefficient (Wildman–Crippen LogP) is 8.08. The second kappa shape index (κ2) is 32.0. The number of carbonyl (C=O) groups excluding carboxylic acids is 4. The molecule has 6 fully saturated rings. The summed E-state index contributed by atoms with van der Waals surface area (Å²) in [6.45, 7) is 23.4. The number of ether oxygens (including phenoxy) is 6. The third-order valence-electron chi connectivity index (χ3n) is 24.2. The Morgan fingerprint density at radius 1 is 0.902 bits per heavy atom. The molecule has 0 aromatic heterocycles. The topological polar surface area (TPSA) is 339 Å². The number of methoxy groups -OCH3 is 1. The minimum Gasteiger partial charge on any atom is -0.459 e. The zero-order valence-electron chi connectivity index (χ0n) is 62.0. The van der Waals surface area contributed by atoms with E-state index in [1.807, 2.05) is 65.6 Å². The summed E-state index contributed by atoms with van der Waals surface area (Å²) in [4.78, 5) is 69.1. The number of aliphatic imine (C=N–C) groups is 1. The van der Waals surface area contributed by atoms with E-state index in [1.54, 1.807) is 78.8 Å². The van der Waals surface area contributed by atoms with Crippen molar-refractivity contribution < 1.29 is 92.7 Å². The molecule has 8 aliphatic rings. The highest BCUT2D eigenvalue weighted by atomic mass is 35.5. The number of nitrogens with zero attached hydrogens (tertiary/aromatic N) is 4. The van der Waals surface area contributed by atoms with Crippen LogP contribution in [0.2, 0.25) is 5.02 Å². The van der Waals surface area contributed by atoms with Crippen LogP contribution in [0.5, 0.6) is 0 Å². The van der Waals surface area contributed by atoms with Crippen molar-refractivity contribution >= 4 is 63.7 Å². The minimum atomic E-state index is -1.95. The Labute approximate surface area is 608 Å². The van der Waals surface area contributed by atoms with Gasteiger partial charge in [0.2, 0.25) is 5.91 Å². The van der Waals surface area contributed by atoms with Crippen LogP contribution in [0.15, 0.2) is 71.3 Å². The molecule has 570 valence electrons. The van der Waals surface area contributed by atoms with Crippen LogP contribution in [0.3, 0.4) is 0 Å². The lowest BCUT2D eigenvalue weighted by Gasteiger charge is -2.62. The molecule has 3 saturated heterocycles. The lowest BCUT2D eigenvalue weighted by Crippen LogP contribution is -2.69. The number of halogens is 3. The van der Waals surface area contributed by atoms with Crippen LogP contribution in [0.1, 0.15) is 153 Å². The van der Waals surface area contributed by atoms with E-state index in [4.69, 9.17) is 51.6 Å². The molecule has 4 aliphatic heterocycles. The number of carbonyl (C=O) groups is 4. The number of aliphatic hydroxyl groups is 7. The molecule has 3 saturated carbocycles. The third-order valence-corrected chi connectivity index (χ3v) is 24.8. The molecule has 0 bridgehead atoms. The highest BCUT2D eigenvalue weighted by Crippen LogP contribution is 2.71. The van der Waals surface area contributed by atoms with Crippen LogP contribution in [0.4, 0.5) is 15.8 Å². The summed E-state index contributed by atoms with van der Waals surface area (Å²) in [5.74, 6) is -4.90. The number of aliphatic hydroxyl groups excluding tert-OH is 4. The van der Waals surface area contributed by atoms with Gasteiger partial charge >= 0.3 is 5.97 Å². The van der Waals surface area contributed by atoms with Crippen molar-refractivity contribution in [3.05, 3.63) is 92.5 Å². The predicted molar refractivity (Wildman–Crippen MR) is 381 cm³/mol. The fourth-order valence-corrected chi connectivity index (χ4v) is 18.7. The maximum Gasteiger partial charge on any atom is 0.311 e. The number of nitro benzene ring substituents is 1. The van der Waals surface area contributed by atoms with Gasteiger partial charge in [0.1, 0.15) is 42.2 Å². The number of hydrogen-bond acceptors (Lipinski definition) is 22. The van der Waals surface area contributed by atoms with Gasteiger partial charge in [0.25, 0.3) is 5.69 Å². The van der Waals surface area contributed by atoms with Crippen LogP contribution >= 0.6 is 23.2 Å². The smallest absolute Gasteiger partial charge is 0.311 e. The van der Waals surface area contributed by atoms with Crippen LogP contribution in [0.25, 0.3) is 0 Å². The van der Waals surface area contributed by atoms with Crippen molar-refractivity contribution in [3.8, 4) is 0 Å². The molecule has 26 atom stereocenters. The van der Waals surface area contributed by atoms with Gasteiger partial charge in [0.15, 0.2) is 29.8 Å². The van der Waals surface area contributed by atoms with Crippen molar-refractivity contribution in [2.45, 2.75) is 249 Å². The quantitative estimate of drug-likeness (QED) is 0.0456. The molecule has 4 heterocycles. The molecule has 8 N–H and O–H groups in total. The molecule has 2 aromatic carbocycles. The maximum atomic E-state index is 16.9. The number of alkyl halides is 2. The van der Waals surface area contributed by atoms with Gasteiger partial charge in [0, 0.05) is 83.1 Å². The van der Waals surface area contributed by atoms with Gasteiger partial charge in [-0.25, -0.2) is 4.39 Å². The number of benzodiazepines with no additional fused rings is 1. The Balaban J connectivity index is 0.000000218. The number of esters is 1. The molecule has 24 nitrogen and oxygen atoms in total. The number of non-ortho nitro benzene ring substituents is 1. The summed E-state index contributed by atoms with van der Waals surface area (Å²) < 4.78 is 54.4. The number of amides is 1. The van der Waals surface area contributed by atoms with Gasteiger partial charge in [-0.1, -0.05) is 76.1 Å². The molecule has 2 aromatic rings. The van der Waals surface area contributed by atoms with Gasteiger partial charge in [-0.2, -0.15) is 0 Å². The lowest BCUT2D eigenvalue weighted by molar-refractivity contribution is -0.384. The number of Topliss-reactive ketones (excluding diaryl/α,β-unsaturated/α-hetero) is 1. The number of ketones is 2. The molecular formula is C75H110Cl2FN5O19. The van der Waals surface area contributed by atoms with Crippen molar-refractivity contribution in [2.24, 2.45) is 51.3 Å². The number of nitrogens with one attached hydrogen (secondary N) is 1. The Morgan fingerprint density at radius 2 is 1.57 bits per heavy atom. The minimum absolute atomic E-state index is 0.0151. The lowest BCUT2D eigenvalue weighted by atomic mass is 9.44. The monoisotopic (exact) mass is 1470 g/mol. The number of fused-ring (bicyclic) bond motifs is 6. The summed E-state index contributed by atoms with van der Waals surface area (Å²) in [5, 5.41) is 94.9. The number of allylic oxidation sites excluding steroid dienone is 4. The van der Waals surface area contributed by atoms with Crippen molar-refractivity contribution in [2.75, 3.05) is 52.5 Å². The van der Waals surface area contributed by atoms with Gasteiger partial charge < -0.3 is 79.3 Å². The van der Waals surface area contributed by atoms with E-state index in [0.29, 0.717) is 59.8 Å². The second-order valence-electron chi connectivity index (χ2n) is 31.6. The Morgan fingerprint density at radius 3 is 2.19 bits per heavy atom. The molecule has 102 heavy (non-hydrogen) atoms. The standard InChI is InChI=1S/C38H72N2O12.C22H28ClFO4.C15H10ClN3O3/c1-15-27-38(10,46)31(42)24(6)40(13)19-20(2)17-36(8,45)33(52-35-29(41)26(39(11)12)16-21(3)48-35)22(4)30(23(5)34(44)50-27)51-28-18-37(9,47-14)32(43)25(7)49-28;1-12-8-16-15-5-4-13-9-14(25)6-7-19(13,2)21(15,24)17(26)10-20(16,3)22(12,28)18(27)11-23;16-12-4-2-1-3-10(12)15-11-7-9(19(21)22)5-6-13(11)18-14(20)8-17-15/h20-33,35,41-43,45-46H,15-19H2,1-14H3;6-7,9,12,15-17,26,28H,4-5,8,10-11H2,1-3H3;1-7H,8H2,(H,18,20)/t20-,21-,22+,23-,24-,25+,26+,27-,28+,29-,30+,31-,32+,33-,35+,36-,37-,38-;12-,15-,16-,17-,19-,20-,21-,22-;/m10./s1. The molecule has 10 rings (SSSR count). The first-order chi connectivity index (χ1) is 47.4. The summed E-state index contributed by atoms with van der Waals surface area (Å²) in [6, 6.07) is 10.5. The molecular weight excluding hydrogens is 1360 g/mol. The Kier molecular flexibility index (Phi) is 26.0. The number of likely N-dealkylation sites (N-methyl/N-ethyl adjacent to an activating group) is 2. The van der Waals surface area contributed by atoms with Gasteiger partial charge in [-0.15, -0.1) is 11.6 Å². The summed E-state index contributed by atoms with van der Waals surface area (Å²) in [6.07, 6.45) is -3.50. The number of anilines is 1. The summed E-state index contributed by atoms with van der Waals surface area (Å²) in [7, 11) is 7.12. The number of cyclic esters (lactones) is 1. The highest BCUT2D eigenvalue weighted by Gasteiger charge is 2.75. The first-order valence-electron chi connectivity index (χ1n) is 35.7. The van der Waals surface area contributed by atoms with E-state index >= 15 is 4.39 Å². The zero-order chi connectivity index (χ0) is 76.1. The molecule has 4 aliphatic carbocycles. The van der Waals surface area contributed by atoms with Gasteiger partial charge in [0.05, 0.1) is 69.8 Å². The van der Waals surface area contributed by atoms with E-state index in [-0.39, 0.29) is 85.4 Å². The molecule has 0 spiro atoms. The molecule has 0 radical (unpaired) electrons. The molecule has 0 unspecified atom stereocenters. The van der Waals surface area contributed by atoms with E-state index in [9.17, 15) is 65.0 Å². The van der Waals surface area contributed by atoms with Gasteiger partial charge in [-0.3, -0.25) is 34.3 Å². The fourth-order valence-electron chi connectivity index (χ4n) is 18.2. The third kappa shape index (κ3) is 15.8. The number of hydrogen-bond donors (Lipinski definition) is 8. The van der Waals surface area contributed by atoms with Crippen LogP contribution in [-0.2, 0) is 47.6 Å². The molecule has 27 heteroatoms. The van der Waals surface area contributed by atoms with Crippen LogP contribution in [-0.4, -0.2) is 235 Å². The van der Waals surface area contributed by atoms with E-state index in [0.717, 1.165) is 5.57 Å². The average Bonchev–Trinajstić information content (AvgIpc) is 1.40. The maximum absolute atomic E-state index is 16.9. The van der Waals surface area contributed by atoms with E-state index < -0.39 is 141 Å². The van der Waals surface area contributed by atoms with Crippen LogP contribution < -0.4 is 5.32 Å². The number of rotatable bonds is 11. The number of benzene rings is 2.